The lowest BCUT2D eigenvalue weighted by molar-refractivity contribution is 0.160. The average Bonchev–Trinajstić information content (AvgIpc) is 2.40. The SMILES string of the molecule is CC(C)N1CCC(NCc2cc(Cl)ccc2F)CC1. The number of hydrogen-bond acceptors (Lipinski definition) is 2. The third-order valence-electron chi connectivity index (χ3n) is 3.85. The molecule has 0 radical (unpaired) electrons. The predicted molar refractivity (Wildman–Crippen MR) is 78.0 cm³/mol. The molecule has 0 atom stereocenters. The summed E-state index contributed by atoms with van der Waals surface area (Å²) in [6.45, 7) is 7.25. The maximum absolute atomic E-state index is 13.6. The van der Waals surface area contributed by atoms with Gasteiger partial charge in [0.05, 0.1) is 0 Å². The first-order valence-corrected chi connectivity index (χ1v) is 7.35. The molecule has 2 nitrogen and oxygen atoms in total. The van der Waals surface area contributed by atoms with E-state index in [0.717, 1.165) is 25.9 Å². The number of piperidine rings is 1. The van der Waals surface area contributed by atoms with Crippen LogP contribution >= 0.6 is 11.6 Å². The number of rotatable bonds is 4. The van der Waals surface area contributed by atoms with Crippen molar-refractivity contribution in [3.05, 3.63) is 34.6 Å². The van der Waals surface area contributed by atoms with Gasteiger partial charge in [0, 0.05) is 29.2 Å². The fourth-order valence-corrected chi connectivity index (χ4v) is 2.75. The van der Waals surface area contributed by atoms with Crippen LogP contribution in [0.5, 0.6) is 0 Å². The maximum Gasteiger partial charge on any atom is 0.127 e. The number of benzene rings is 1. The van der Waals surface area contributed by atoms with E-state index in [0.29, 0.717) is 29.2 Å². The van der Waals surface area contributed by atoms with Gasteiger partial charge in [-0.05, 0) is 58.0 Å². The average molecular weight is 285 g/mol. The first kappa shape index (κ1) is 14.8. The molecule has 0 unspecified atom stereocenters. The Morgan fingerprint density at radius 1 is 1.37 bits per heavy atom. The van der Waals surface area contributed by atoms with E-state index in [1.807, 2.05) is 0 Å². The lowest BCUT2D eigenvalue weighted by Gasteiger charge is -2.35. The smallest absolute Gasteiger partial charge is 0.127 e. The van der Waals surface area contributed by atoms with Crippen molar-refractivity contribution in [2.24, 2.45) is 0 Å². The molecule has 1 aliphatic heterocycles. The molecule has 0 spiro atoms. The summed E-state index contributed by atoms with van der Waals surface area (Å²) in [5, 5.41) is 4.03. The summed E-state index contributed by atoms with van der Waals surface area (Å²) < 4.78 is 13.6. The number of halogens is 2. The summed E-state index contributed by atoms with van der Waals surface area (Å²) in [5.74, 6) is -0.184. The van der Waals surface area contributed by atoms with Gasteiger partial charge in [-0.25, -0.2) is 4.39 Å². The molecule has 1 aromatic rings. The van der Waals surface area contributed by atoms with Crippen molar-refractivity contribution in [1.29, 1.82) is 0 Å². The van der Waals surface area contributed by atoms with Crippen molar-refractivity contribution in [2.75, 3.05) is 13.1 Å². The number of nitrogens with one attached hydrogen (secondary N) is 1. The third-order valence-corrected chi connectivity index (χ3v) is 4.08. The molecule has 2 rings (SSSR count). The lowest BCUT2D eigenvalue weighted by Crippen LogP contribution is -2.44. The van der Waals surface area contributed by atoms with Gasteiger partial charge in [0.1, 0.15) is 5.82 Å². The minimum absolute atomic E-state index is 0.184. The van der Waals surface area contributed by atoms with Crippen LogP contribution in [-0.2, 0) is 6.54 Å². The zero-order valence-electron chi connectivity index (χ0n) is 11.6. The van der Waals surface area contributed by atoms with Gasteiger partial charge < -0.3 is 10.2 Å². The van der Waals surface area contributed by atoms with Crippen LogP contribution in [0.3, 0.4) is 0 Å². The van der Waals surface area contributed by atoms with Crippen LogP contribution in [0.15, 0.2) is 18.2 Å². The van der Waals surface area contributed by atoms with E-state index in [4.69, 9.17) is 11.6 Å². The van der Waals surface area contributed by atoms with E-state index >= 15 is 0 Å². The number of likely N-dealkylation sites (tertiary alicyclic amines) is 1. The van der Waals surface area contributed by atoms with Gasteiger partial charge in [-0.3, -0.25) is 0 Å². The molecular weight excluding hydrogens is 263 g/mol. The minimum Gasteiger partial charge on any atom is -0.310 e. The molecule has 4 heteroatoms. The maximum atomic E-state index is 13.6. The van der Waals surface area contributed by atoms with Crippen molar-refractivity contribution in [3.63, 3.8) is 0 Å². The Bertz CT molecular complexity index is 415. The van der Waals surface area contributed by atoms with Crippen molar-refractivity contribution >= 4 is 11.6 Å². The summed E-state index contributed by atoms with van der Waals surface area (Å²) >= 11 is 5.89. The first-order valence-electron chi connectivity index (χ1n) is 6.97. The van der Waals surface area contributed by atoms with E-state index in [1.165, 1.54) is 6.07 Å². The molecule has 1 aliphatic rings. The van der Waals surface area contributed by atoms with Crippen molar-refractivity contribution in [1.82, 2.24) is 10.2 Å². The van der Waals surface area contributed by atoms with Gasteiger partial charge >= 0.3 is 0 Å². The van der Waals surface area contributed by atoms with Crippen molar-refractivity contribution in [3.8, 4) is 0 Å². The van der Waals surface area contributed by atoms with Crippen LogP contribution < -0.4 is 5.32 Å². The summed E-state index contributed by atoms with van der Waals surface area (Å²) in [4.78, 5) is 2.48. The highest BCUT2D eigenvalue weighted by Gasteiger charge is 2.20. The summed E-state index contributed by atoms with van der Waals surface area (Å²) in [7, 11) is 0. The highest BCUT2D eigenvalue weighted by Crippen LogP contribution is 2.17. The molecule has 1 heterocycles. The molecule has 1 aromatic carbocycles. The molecule has 1 saturated heterocycles. The number of hydrogen-bond donors (Lipinski definition) is 1. The van der Waals surface area contributed by atoms with Gasteiger partial charge in [0.2, 0.25) is 0 Å². The van der Waals surface area contributed by atoms with Gasteiger partial charge in [-0.2, -0.15) is 0 Å². The van der Waals surface area contributed by atoms with E-state index in [2.05, 4.69) is 24.1 Å². The molecule has 0 amide bonds. The summed E-state index contributed by atoms with van der Waals surface area (Å²) in [6.07, 6.45) is 2.25. The number of nitrogens with zero attached hydrogens (tertiary/aromatic N) is 1. The fourth-order valence-electron chi connectivity index (χ4n) is 2.55. The Kier molecular flexibility index (Phi) is 5.20. The van der Waals surface area contributed by atoms with Crippen LogP contribution in [-0.4, -0.2) is 30.1 Å². The quantitative estimate of drug-likeness (QED) is 0.911. The van der Waals surface area contributed by atoms with Crippen LogP contribution in [0.25, 0.3) is 0 Å². The van der Waals surface area contributed by atoms with Gasteiger partial charge in [-0.1, -0.05) is 11.6 Å². The predicted octanol–water partition coefficient (Wildman–Crippen LogP) is 3.44. The Hall–Kier alpha value is -0.640. The molecule has 0 saturated carbocycles. The molecular formula is C15H22ClFN2. The normalized spacial score (nSPS) is 18.2. The van der Waals surface area contributed by atoms with Crippen LogP contribution in [0.1, 0.15) is 32.3 Å². The zero-order chi connectivity index (χ0) is 13.8. The second kappa shape index (κ2) is 6.69. The van der Waals surface area contributed by atoms with Gasteiger partial charge in [-0.15, -0.1) is 0 Å². The summed E-state index contributed by atoms with van der Waals surface area (Å²) in [5.41, 5.74) is 0.652. The zero-order valence-corrected chi connectivity index (χ0v) is 12.4. The highest BCUT2D eigenvalue weighted by atomic mass is 35.5. The Balaban J connectivity index is 1.82. The molecule has 106 valence electrons. The standard InChI is InChI=1S/C15H22ClFN2/c1-11(2)19-7-5-14(6-8-19)18-10-12-9-13(16)3-4-15(12)17/h3-4,9,11,14,18H,5-8,10H2,1-2H3. The largest absolute Gasteiger partial charge is 0.310 e. The fraction of sp³-hybridized carbons (Fsp3) is 0.600. The van der Waals surface area contributed by atoms with Gasteiger partial charge in [0.15, 0.2) is 0 Å². The monoisotopic (exact) mass is 284 g/mol. The van der Waals surface area contributed by atoms with Gasteiger partial charge in [0.25, 0.3) is 0 Å². The lowest BCUT2D eigenvalue weighted by atomic mass is 10.0. The van der Waals surface area contributed by atoms with Crippen LogP contribution in [0.4, 0.5) is 4.39 Å². The topological polar surface area (TPSA) is 15.3 Å². The summed E-state index contributed by atoms with van der Waals surface area (Å²) in [6, 6.07) is 5.81. The molecule has 0 bridgehead atoms. The second-order valence-electron chi connectivity index (χ2n) is 5.52. The van der Waals surface area contributed by atoms with E-state index in [-0.39, 0.29) is 5.82 Å². The molecule has 19 heavy (non-hydrogen) atoms. The van der Waals surface area contributed by atoms with Crippen molar-refractivity contribution < 1.29 is 4.39 Å². The Morgan fingerprint density at radius 3 is 2.68 bits per heavy atom. The Morgan fingerprint density at radius 2 is 2.05 bits per heavy atom. The van der Waals surface area contributed by atoms with E-state index < -0.39 is 0 Å². The van der Waals surface area contributed by atoms with Crippen molar-refractivity contribution in [2.45, 2.75) is 45.3 Å². The first-order chi connectivity index (χ1) is 9.06. The molecule has 0 aliphatic carbocycles. The minimum atomic E-state index is -0.184. The highest BCUT2D eigenvalue weighted by molar-refractivity contribution is 6.30. The van der Waals surface area contributed by atoms with Crippen LogP contribution in [0, 0.1) is 5.82 Å². The molecule has 1 N–H and O–H groups in total. The van der Waals surface area contributed by atoms with Crippen LogP contribution in [0.2, 0.25) is 5.02 Å². The second-order valence-corrected chi connectivity index (χ2v) is 5.96. The Labute approximate surface area is 119 Å². The molecule has 0 aromatic heterocycles. The van der Waals surface area contributed by atoms with E-state index in [9.17, 15) is 4.39 Å². The van der Waals surface area contributed by atoms with E-state index in [1.54, 1.807) is 12.1 Å². The third kappa shape index (κ3) is 4.16. The molecule has 1 fully saturated rings.